The molecular weight excluding hydrogens is 142 g/mol. The molecule has 0 heterocycles. The first-order valence-corrected chi connectivity index (χ1v) is 4.06. The minimum absolute atomic E-state index is 0.00463. The van der Waals surface area contributed by atoms with Crippen molar-refractivity contribution < 1.29 is 9.53 Å². The molecule has 2 atom stereocenters. The highest BCUT2D eigenvalue weighted by Crippen LogP contribution is 2.25. The van der Waals surface area contributed by atoms with Gasteiger partial charge in [0, 0.05) is 0 Å². The second kappa shape index (κ2) is 3.83. The number of ether oxygens (including phenoxy) is 1. The molecule has 1 rings (SSSR count). The summed E-state index contributed by atoms with van der Waals surface area (Å²) < 4.78 is 5.51. The van der Waals surface area contributed by atoms with E-state index in [2.05, 4.69) is 5.32 Å². The van der Waals surface area contributed by atoms with Gasteiger partial charge in [-0.15, -0.1) is 0 Å². The number of rotatable bonds is 5. The molecule has 64 valence electrons. The predicted octanol–water partition coefficient (Wildman–Crippen LogP) is 0.341. The fraction of sp³-hybridized carbons (Fsp3) is 0.875. The molecule has 0 aromatic rings. The maximum atomic E-state index is 10.4. The van der Waals surface area contributed by atoms with Crippen molar-refractivity contribution >= 4 is 6.29 Å². The van der Waals surface area contributed by atoms with E-state index in [1.165, 1.54) is 0 Å². The van der Waals surface area contributed by atoms with Crippen molar-refractivity contribution in [3.63, 3.8) is 0 Å². The summed E-state index contributed by atoms with van der Waals surface area (Å²) in [6.07, 6.45) is 3.62. The first-order valence-electron chi connectivity index (χ1n) is 4.06. The molecule has 0 amide bonds. The summed E-state index contributed by atoms with van der Waals surface area (Å²) in [6.45, 7) is 1.92. The molecule has 3 heteroatoms. The summed E-state index contributed by atoms with van der Waals surface area (Å²) in [7, 11) is 1.77. The monoisotopic (exact) mass is 157 g/mol. The maximum Gasteiger partial charge on any atom is 0.139 e. The third-order valence-electron chi connectivity index (χ3n) is 1.92. The van der Waals surface area contributed by atoms with E-state index in [4.69, 9.17) is 4.74 Å². The number of nitrogens with one attached hydrogen (secondary N) is 1. The Morgan fingerprint density at radius 2 is 2.27 bits per heavy atom. The van der Waals surface area contributed by atoms with Crippen LogP contribution in [0.4, 0.5) is 0 Å². The molecule has 3 nitrogen and oxygen atoms in total. The topological polar surface area (TPSA) is 38.3 Å². The zero-order valence-electron chi connectivity index (χ0n) is 7.04. The van der Waals surface area contributed by atoms with Gasteiger partial charge in [-0.3, -0.25) is 0 Å². The second-order valence-corrected chi connectivity index (χ2v) is 2.99. The van der Waals surface area contributed by atoms with Gasteiger partial charge in [-0.05, 0) is 26.8 Å². The van der Waals surface area contributed by atoms with E-state index in [1.54, 1.807) is 7.05 Å². The van der Waals surface area contributed by atoms with Crippen LogP contribution in [-0.2, 0) is 9.53 Å². The van der Waals surface area contributed by atoms with Gasteiger partial charge >= 0.3 is 0 Å². The Balaban J connectivity index is 2.23. The van der Waals surface area contributed by atoms with E-state index < -0.39 is 0 Å². The zero-order chi connectivity index (χ0) is 8.27. The van der Waals surface area contributed by atoms with Gasteiger partial charge in [0.05, 0.1) is 18.2 Å². The van der Waals surface area contributed by atoms with Crippen LogP contribution in [-0.4, -0.2) is 31.6 Å². The number of aldehydes is 1. The fourth-order valence-electron chi connectivity index (χ4n) is 1.01. The lowest BCUT2D eigenvalue weighted by Crippen LogP contribution is -2.39. The normalized spacial score (nSPS) is 22.7. The minimum Gasteiger partial charge on any atom is -0.373 e. The summed E-state index contributed by atoms with van der Waals surface area (Å²) in [4.78, 5) is 10.4. The second-order valence-electron chi connectivity index (χ2n) is 2.99. The molecule has 1 N–H and O–H groups in total. The minimum atomic E-state index is -0.157. The third kappa shape index (κ3) is 2.60. The highest BCUT2D eigenvalue weighted by Gasteiger charge is 2.27. The van der Waals surface area contributed by atoms with Crippen LogP contribution in [0.3, 0.4) is 0 Å². The number of carbonyl (C=O) groups excluding carboxylic acids is 1. The van der Waals surface area contributed by atoms with Crippen molar-refractivity contribution in [3.8, 4) is 0 Å². The molecule has 0 saturated heterocycles. The quantitative estimate of drug-likeness (QED) is 0.585. The third-order valence-corrected chi connectivity index (χ3v) is 1.92. The number of likely N-dealkylation sites (N-methyl/N-ethyl adjacent to an activating group) is 1. The van der Waals surface area contributed by atoms with E-state index in [0.717, 1.165) is 19.1 Å². The standard InChI is InChI=1S/C8H15NO2/c1-6(8(5-10)9-2)11-7-3-4-7/h5-9H,3-4H2,1-2H3/t6-,8?/m1/s1. The SMILES string of the molecule is CNC(C=O)[C@@H](C)OC1CC1. The molecule has 0 aromatic heterocycles. The van der Waals surface area contributed by atoms with Crippen molar-refractivity contribution in [1.82, 2.24) is 5.32 Å². The van der Waals surface area contributed by atoms with Gasteiger partial charge in [-0.2, -0.15) is 0 Å². The molecule has 0 bridgehead atoms. The molecule has 1 unspecified atom stereocenters. The Morgan fingerprint density at radius 1 is 1.64 bits per heavy atom. The molecule has 1 fully saturated rings. The van der Waals surface area contributed by atoms with Gasteiger partial charge < -0.3 is 14.8 Å². The Kier molecular flexibility index (Phi) is 3.02. The highest BCUT2D eigenvalue weighted by atomic mass is 16.5. The van der Waals surface area contributed by atoms with Crippen molar-refractivity contribution in [3.05, 3.63) is 0 Å². The first kappa shape index (κ1) is 8.68. The lowest BCUT2D eigenvalue weighted by molar-refractivity contribution is -0.113. The summed E-state index contributed by atoms with van der Waals surface area (Å²) in [5.74, 6) is 0. The molecule has 0 aromatic carbocycles. The zero-order valence-corrected chi connectivity index (χ0v) is 7.04. The fourth-order valence-corrected chi connectivity index (χ4v) is 1.01. The smallest absolute Gasteiger partial charge is 0.139 e. The molecule has 11 heavy (non-hydrogen) atoms. The van der Waals surface area contributed by atoms with Crippen LogP contribution in [0.5, 0.6) is 0 Å². The van der Waals surface area contributed by atoms with E-state index in [9.17, 15) is 4.79 Å². The van der Waals surface area contributed by atoms with E-state index in [1.807, 2.05) is 6.92 Å². The van der Waals surface area contributed by atoms with E-state index in [0.29, 0.717) is 6.10 Å². The summed E-state index contributed by atoms with van der Waals surface area (Å²) in [5, 5.41) is 2.89. The van der Waals surface area contributed by atoms with Gasteiger partial charge in [0.25, 0.3) is 0 Å². The van der Waals surface area contributed by atoms with Crippen molar-refractivity contribution in [2.75, 3.05) is 7.05 Å². The van der Waals surface area contributed by atoms with Gasteiger partial charge in [0.15, 0.2) is 0 Å². The molecule has 1 aliphatic rings. The average molecular weight is 157 g/mol. The van der Waals surface area contributed by atoms with Crippen LogP contribution in [0.15, 0.2) is 0 Å². The number of hydrogen-bond donors (Lipinski definition) is 1. The Morgan fingerprint density at radius 3 is 2.64 bits per heavy atom. The van der Waals surface area contributed by atoms with Crippen LogP contribution < -0.4 is 5.32 Å². The lowest BCUT2D eigenvalue weighted by Gasteiger charge is -2.18. The van der Waals surface area contributed by atoms with Crippen LogP contribution in [0.1, 0.15) is 19.8 Å². The van der Waals surface area contributed by atoms with Gasteiger partial charge in [0.2, 0.25) is 0 Å². The van der Waals surface area contributed by atoms with E-state index in [-0.39, 0.29) is 12.1 Å². The Bertz CT molecular complexity index is 134. The van der Waals surface area contributed by atoms with Crippen molar-refractivity contribution in [1.29, 1.82) is 0 Å². The number of carbonyl (C=O) groups is 1. The Hall–Kier alpha value is -0.410. The predicted molar refractivity (Wildman–Crippen MR) is 42.5 cm³/mol. The average Bonchev–Trinajstić information content (AvgIpc) is 2.74. The van der Waals surface area contributed by atoms with Gasteiger partial charge in [-0.1, -0.05) is 0 Å². The molecule has 0 aliphatic heterocycles. The molecule has 1 aliphatic carbocycles. The summed E-state index contributed by atoms with van der Waals surface area (Å²) >= 11 is 0. The summed E-state index contributed by atoms with van der Waals surface area (Å²) in [6, 6.07) is -0.157. The van der Waals surface area contributed by atoms with Crippen molar-refractivity contribution in [2.45, 2.75) is 38.0 Å². The summed E-state index contributed by atoms with van der Waals surface area (Å²) in [5.41, 5.74) is 0. The van der Waals surface area contributed by atoms with Gasteiger partial charge in [0.1, 0.15) is 6.29 Å². The number of hydrogen-bond acceptors (Lipinski definition) is 3. The van der Waals surface area contributed by atoms with Crippen LogP contribution in [0.2, 0.25) is 0 Å². The van der Waals surface area contributed by atoms with Crippen LogP contribution >= 0.6 is 0 Å². The molecule has 1 saturated carbocycles. The van der Waals surface area contributed by atoms with Crippen LogP contribution in [0, 0.1) is 0 Å². The molecular formula is C8H15NO2. The lowest BCUT2D eigenvalue weighted by atomic mass is 10.2. The Labute approximate surface area is 67.1 Å². The van der Waals surface area contributed by atoms with Gasteiger partial charge in [-0.25, -0.2) is 0 Å². The maximum absolute atomic E-state index is 10.4. The van der Waals surface area contributed by atoms with Crippen molar-refractivity contribution in [2.24, 2.45) is 0 Å². The first-order chi connectivity index (χ1) is 5.27. The largest absolute Gasteiger partial charge is 0.373 e. The van der Waals surface area contributed by atoms with E-state index >= 15 is 0 Å². The highest BCUT2D eigenvalue weighted by molar-refractivity contribution is 5.58. The molecule has 0 radical (unpaired) electrons. The molecule has 0 spiro atoms. The van der Waals surface area contributed by atoms with Crippen LogP contribution in [0.25, 0.3) is 0 Å².